The van der Waals surface area contributed by atoms with Crippen molar-refractivity contribution >= 4 is 11.8 Å². The van der Waals surface area contributed by atoms with Gasteiger partial charge in [-0.3, -0.25) is 4.79 Å². The van der Waals surface area contributed by atoms with Crippen molar-refractivity contribution in [1.29, 1.82) is 0 Å². The third kappa shape index (κ3) is 5.09. The van der Waals surface area contributed by atoms with E-state index in [1.54, 1.807) is 31.4 Å². The minimum absolute atomic E-state index is 0.0697. The van der Waals surface area contributed by atoms with Gasteiger partial charge in [0.05, 0.1) is 7.11 Å². The zero-order chi connectivity index (χ0) is 20.2. The summed E-state index contributed by atoms with van der Waals surface area (Å²) >= 11 is 0. The van der Waals surface area contributed by atoms with Gasteiger partial charge in [-0.05, 0) is 75.1 Å². The van der Waals surface area contributed by atoms with Crippen LogP contribution in [-0.4, -0.2) is 29.6 Å². The molecule has 144 valence electrons. The molecule has 0 unspecified atom stereocenters. The molecule has 2 aromatic rings. The molecule has 0 heterocycles. The first-order valence-electron chi connectivity index (χ1n) is 8.84. The SMILES string of the molecule is COc1ccc(C(=O)CCc2cc(C)c(OC(C)(C)C(=O)O)c(C)c2)cc1. The van der Waals surface area contributed by atoms with E-state index in [2.05, 4.69) is 0 Å². The Morgan fingerprint density at radius 3 is 2.07 bits per heavy atom. The number of hydrogen-bond donors (Lipinski definition) is 1. The van der Waals surface area contributed by atoms with E-state index in [9.17, 15) is 14.7 Å². The van der Waals surface area contributed by atoms with E-state index in [4.69, 9.17) is 9.47 Å². The van der Waals surface area contributed by atoms with Gasteiger partial charge in [-0.15, -0.1) is 0 Å². The second-order valence-corrected chi connectivity index (χ2v) is 7.13. The average molecular weight is 370 g/mol. The highest BCUT2D eigenvalue weighted by atomic mass is 16.5. The predicted octanol–water partition coefficient (Wildman–Crippen LogP) is 4.37. The summed E-state index contributed by atoms with van der Waals surface area (Å²) in [6.45, 7) is 6.81. The molecule has 0 spiro atoms. The zero-order valence-electron chi connectivity index (χ0n) is 16.5. The summed E-state index contributed by atoms with van der Waals surface area (Å²) in [5.74, 6) is 0.348. The van der Waals surface area contributed by atoms with Crippen LogP contribution in [0.5, 0.6) is 11.5 Å². The van der Waals surface area contributed by atoms with E-state index in [1.807, 2.05) is 26.0 Å². The molecule has 0 aliphatic rings. The number of aryl methyl sites for hydroxylation is 3. The lowest BCUT2D eigenvalue weighted by Crippen LogP contribution is -2.38. The largest absolute Gasteiger partial charge is 0.497 e. The molecule has 5 heteroatoms. The summed E-state index contributed by atoms with van der Waals surface area (Å²) in [7, 11) is 1.59. The molecule has 0 aromatic heterocycles. The summed E-state index contributed by atoms with van der Waals surface area (Å²) in [4.78, 5) is 23.7. The summed E-state index contributed by atoms with van der Waals surface area (Å²) in [6.07, 6.45) is 1.00. The fraction of sp³-hybridized carbons (Fsp3) is 0.364. The molecule has 0 saturated heterocycles. The molecule has 27 heavy (non-hydrogen) atoms. The molecule has 0 radical (unpaired) electrons. The number of carbonyl (C=O) groups excluding carboxylic acids is 1. The van der Waals surface area contributed by atoms with Gasteiger partial charge in [0, 0.05) is 12.0 Å². The van der Waals surface area contributed by atoms with Gasteiger partial charge in [0.2, 0.25) is 0 Å². The number of carboxylic acid groups (broad SMARTS) is 1. The number of carboxylic acids is 1. The van der Waals surface area contributed by atoms with Gasteiger partial charge < -0.3 is 14.6 Å². The van der Waals surface area contributed by atoms with Crippen molar-refractivity contribution in [3.63, 3.8) is 0 Å². The van der Waals surface area contributed by atoms with Crippen LogP contribution in [0.3, 0.4) is 0 Å². The van der Waals surface area contributed by atoms with Crippen molar-refractivity contribution in [3.05, 3.63) is 58.7 Å². The van der Waals surface area contributed by atoms with E-state index >= 15 is 0 Å². The molecule has 0 aliphatic heterocycles. The van der Waals surface area contributed by atoms with E-state index in [0.29, 0.717) is 24.2 Å². The van der Waals surface area contributed by atoms with Crippen LogP contribution in [0.25, 0.3) is 0 Å². The summed E-state index contributed by atoms with van der Waals surface area (Å²) in [6, 6.07) is 11.0. The van der Waals surface area contributed by atoms with Crippen molar-refractivity contribution in [3.8, 4) is 11.5 Å². The third-order valence-electron chi connectivity index (χ3n) is 4.45. The number of hydrogen-bond acceptors (Lipinski definition) is 4. The lowest BCUT2D eigenvalue weighted by molar-refractivity contribution is -0.152. The number of ether oxygens (including phenoxy) is 2. The highest BCUT2D eigenvalue weighted by molar-refractivity contribution is 5.96. The molecule has 0 amide bonds. The Morgan fingerprint density at radius 1 is 1.04 bits per heavy atom. The van der Waals surface area contributed by atoms with Gasteiger partial charge in [-0.25, -0.2) is 4.79 Å². The molecule has 2 rings (SSSR count). The monoisotopic (exact) mass is 370 g/mol. The van der Waals surface area contributed by atoms with E-state index < -0.39 is 11.6 Å². The first kappa shape index (κ1) is 20.5. The molecule has 0 atom stereocenters. The first-order valence-corrected chi connectivity index (χ1v) is 8.84. The minimum Gasteiger partial charge on any atom is -0.497 e. The van der Waals surface area contributed by atoms with Crippen molar-refractivity contribution in [2.45, 2.75) is 46.1 Å². The second kappa shape index (κ2) is 8.25. The second-order valence-electron chi connectivity index (χ2n) is 7.13. The van der Waals surface area contributed by atoms with E-state index in [1.165, 1.54) is 13.8 Å². The fourth-order valence-electron chi connectivity index (χ4n) is 2.82. The number of Topliss-reactive ketones (excluding diaryl/α,β-unsaturated/α-hetero) is 1. The van der Waals surface area contributed by atoms with Gasteiger partial charge in [0.25, 0.3) is 0 Å². The maximum atomic E-state index is 12.4. The number of benzene rings is 2. The third-order valence-corrected chi connectivity index (χ3v) is 4.45. The Balaban J connectivity index is 2.09. The summed E-state index contributed by atoms with van der Waals surface area (Å²) in [5.41, 5.74) is 2.09. The van der Waals surface area contributed by atoms with Crippen LogP contribution >= 0.6 is 0 Å². The number of carbonyl (C=O) groups is 2. The topological polar surface area (TPSA) is 72.8 Å². The lowest BCUT2D eigenvalue weighted by atomic mass is 9.98. The standard InChI is InChI=1S/C22H26O5/c1-14-12-16(13-15(2)20(14)27-22(3,4)21(24)25)6-11-19(23)17-7-9-18(26-5)10-8-17/h7-10,12-13H,6,11H2,1-5H3,(H,24,25). The van der Waals surface area contributed by atoms with Crippen LogP contribution < -0.4 is 9.47 Å². The number of aliphatic carboxylic acids is 1. The maximum absolute atomic E-state index is 12.4. The molecule has 1 N–H and O–H groups in total. The van der Waals surface area contributed by atoms with Crippen molar-refractivity contribution in [2.75, 3.05) is 7.11 Å². The Kier molecular flexibility index (Phi) is 6.26. The molecule has 2 aromatic carbocycles. The quantitative estimate of drug-likeness (QED) is 0.699. The molecule has 0 aliphatic carbocycles. The van der Waals surface area contributed by atoms with Crippen LogP contribution in [-0.2, 0) is 11.2 Å². The molecule has 0 fully saturated rings. The smallest absolute Gasteiger partial charge is 0.347 e. The van der Waals surface area contributed by atoms with Crippen molar-refractivity contribution < 1.29 is 24.2 Å². The van der Waals surface area contributed by atoms with E-state index in [0.717, 1.165) is 22.4 Å². The van der Waals surface area contributed by atoms with Crippen LogP contribution in [0.15, 0.2) is 36.4 Å². The maximum Gasteiger partial charge on any atom is 0.347 e. The van der Waals surface area contributed by atoms with Gasteiger partial charge in [0.15, 0.2) is 11.4 Å². The number of methoxy groups -OCH3 is 1. The van der Waals surface area contributed by atoms with Crippen molar-refractivity contribution in [2.24, 2.45) is 0 Å². The van der Waals surface area contributed by atoms with Crippen LogP contribution in [0.1, 0.15) is 47.3 Å². The fourth-order valence-corrected chi connectivity index (χ4v) is 2.82. The lowest BCUT2D eigenvalue weighted by Gasteiger charge is -2.24. The molecular weight excluding hydrogens is 344 g/mol. The van der Waals surface area contributed by atoms with Gasteiger partial charge in [0.1, 0.15) is 11.5 Å². The van der Waals surface area contributed by atoms with Gasteiger partial charge in [-0.1, -0.05) is 12.1 Å². The van der Waals surface area contributed by atoms with Crippen LogP contribution in [0.2, 0.25) is 0 Å². The summed E-state index contributed by atoms with van der Waals surface area (Å²) in [5, 5.41) is 9.26. The zero-order valence-corrected chi connectivity index (χ0v) is 16.5. The van der Waals surface area contributed by atoms with E-state index in [-0.39, 0.29) is 5.78 Å². The molecule has 0 saturated carbocycles. The first-order chi connectivity index (χ1) is 12.6. The van der Waals surface area contributed by atoms with Gasteiger partial charge in [-0.2, -0.15) is 0 Å². The Hall–Kier alpha value is -2.82. The highest BCUT2D eigenvalue weighted by Crippen LogP contribution is 2.29. The average Bonchev–Trinajstić information content (AvgIpc) is 2.62. The Bertz CT molecular complexity index is 811. The predicted molar refractivity (Wildman–Crippen MR) is 104 cm³/mol. The number of ketones is 1. The Labute approximate surface area is 159 Å². The van der Waals surface area contributed by atoms with Crippen LogP contribution in [0.4, 0.5) is 0 Å². The number of rotatable bonds is 8. The molecule has 5 nitrogen and oxygen atoms in total. The van der Waals surface area contributed by atoms with Gasteiger partial charge >= 0.3 is 5.97 Å². The highest BCUT2D eigenvalue weighted by Gasteiger charge is 2.30. The normalized spacial score (nSPS) is 11.1. The van der Waals surface area contributed by atoms with Crippen molar-refractivity contribution in [1.82, 2.24) is 0 Å². The minimum atomic E-state index is -1.30. The molecule has 0 bridgehead atoms. The summed E-state index contributed by atoms with van der Waals surface area (Å²) < 4.78 is 10.8. The molecular formula is C22H26O5. The van der Waals surface area contributed by atoms with Crippen LogP contribution in [0, 0.1) is 13.8 Å². The Morgan fingerprint density at radius 2 is 1.59 bits per heavy atom.